The summed E-state index contributed by atoms with van der Waals surface area (Å²) in [5.41, 5.74) is 0. The van der Waals surface area contributed by atoms with E-state index < -0.39 is 10.2 Å². The van der Waals surface area contributed by atoms with Crippen molar-refractivity contribution in [3.05, 3.63) is 243 Å². The van der Waals surface area contributed by atoms with Crippen LogP contribution in [0, 0.1) is 10.2 Å². The van der Waals surface area contributed by atoms with E-state index in [1.165, 1.54) is 67.1 Å². The molecule has 10 heteroatoms. The predicted octanol–water partition coefficient (Wildman–Crippen LogP) is 5.75. The van der Waals surface area contributed by atoms with Gasteiger partial charge in [-0.15, -0.1) is 10.2 Å². The normalized spacial score (nSPS) is 11.0. The Labute approximate surface area is 387 Å². The molecule has 0 atom stereocenters. The Bertz CT molecular complexity index is 1880. The SMILES string of the molecule is [Ir+].[O-][Cl+3]([O-])([O-])[O-].c1ccc(P(CCP(c2ccccc2)c2ccccc2)c2ccccc2)cc1.c1ccc(P(CCP(c2ccccc2)c2ccccc2)c2ccccc2)cc1. The van der Waals surface area contributed by atoms with E-state index in [0.717, 1.165) is 0 Å². The molecule has 0 aliphatic heterocycles. The quantitative estimate of drug-likeness (QED) is 0.130. The van der Waals surface area contributed by atoms with Crippen LogP contribution in [0.1, 0.15) is 0 Å². The minimum atomic E-state index is -4.94. The van der Waals surface area contributed by atoms with Gasteiger partial charge in [-0.2, -0.15) is 0 Å². The van der Waals surface area contributed by atoms with Crippen molar-refractivity contribution in [3.63, 3.8) is 0 Å². The summed E-state index contributed by atoms with van der Waals surface area (Å²) in [5.74, 6) is 0. The summed E-state index contributed by atoms with van der Waals surface area (Å²) in [6, 6.07) is 88.4. The second kappa shape index (κ2) is 26.8. The largest absolute Gasteiger partial charge is 1.00 e. The molecule has 8 aromatic rings. The van der Waals surface area contributed by atoms with Crippen molar-refractivity contribution in [1.82, 2.24) is 0 Å². The van der Waals surface area contributed by atoms with Crippen LogP contribution >= 0.6 is 31.7 Å². The number of benzene rings is 8. The average Bonchev–Trinajstić information content (AvgIpc) is 3.31. The molecule has 0 heterocycles. The van der Waals surface area contributed by atoms with Gasteiger partial charge in [-0.1, -0.05) is 243 Å². The van der Waals surface area contributed by atoms with Crippen molar-refractivity contribution in [1.29, 1.82) is 0 Å². The molecule has 0 saturated carbocycles. The summed E-state index contributed by atoms with van der Waals surface area (Å²) in [4.78, 5) is 0. The summed E-state index contributed by atoms with van der Waals surface area (Å²) in [6.07, 6.45) is 4.83. The maximum absolute atomic E-state index is 8.49. The first-order valence-electron chi connectivity index (χ1n) is 20.0. The molecule has 0 amide bonds. The number of rotatable bonds is 14. The van der Waals surface area contributed by atoms with Crippen LogP contribution in [0.2, 0.25) is 0 Å². The third-order valence-electron chi connectivity index (χ3n) is 9.64. The van der Waals surface area contributed by atoms with Gasteiger partial charge < -0.3 is 0 Å². The number of hydrogen-bond donors (Lipinski definition) is 0. The van der Waals surface area contributed by atoms with E-state index in [1.807, 2.05) is 0 Å². The fourth-order valence-electron chi connectivity index (χ4n) is 6.89. The van der Waals surface area contributed by atoms with E-state index in [-0.39, 0.29) is 51.8 Å². The molecular weight excluding hydrogens is 1040 g/mol. The van der Waals surface area contributed by atoms with Gasteiger partial charge >= 0.3 is 20.1 Å². The van der Waals surface area contributed by atoms with Gasteiger partial charge in [0.25, 0.3) is 0 Å². The van der Waals surface area contributed by atoms with Crippen LogP contribution in [0.25, 0.3) is 0 Å². The zero-order valence-electron chi connectivity index (χ0n) is 34.1. The van der Waals surface area contributed by atoms with Crippen LogP contribution in [-0.2, 0) is 20.1 Å². The molecule has 62 heavy (non-hydrogen) atoms. The first-order valence-corrected chi connectivity index (χ1v) is 27.3. The van der Waals surface area contributed by atoms with E-state index in [9.17, 15) is 0 Å². The maximum atomic E-state index is 8.49. The molecule has 8 rings (SSSR count). The number of hydrogen-bond acceptors (Lipinski definition) is 4. The molecule has 316 valence electrons. The van der Waals surface area contributed by atoms with Crippen molar-refractivity contribution in [2.45, 2.75) is 0 Å². The molecule has 0 unspecified atom stereocenters. The predicted molar refractivity (Wildman–Crippen MR) is 256 cm³/mol. The van der Waals surface area contributed by atoms with Crippen LogP contribution in [0.4, 0.5) is 0 Å². The zero-order chi connectivity index (χ0) is 42.5. The molecule has 0 N–H and O–H groups in total. The third kappa shape index (κ3) is 16.4. The molecule has 0 aromatic heterocycles. The van der Waals surface area contributed by atoms with Crippen molar-refractivity contribution >= 4 is 74.1 Å². The van der Waals surface area contributed by atoms with Gasteiger partial charge in [0.2, 0.25) is 0 Å². The summed E-state index contributed by atoms with van der Waals surface area (Å²) >= 11 is 0. The third-order valence-corrected chi connectivity index (χ3v) is 20.4. The standard InChI is InChI=1S/2C26H24P2.ClHO4.Ir/c2*1-5-13-23(14-6-1)27(24-15-7-2-8-16-24)21-22-28(25-17-9-3-10-18-25)26-19-11-4-12-20-26;2-1(3,4)5;/h2*1-20H,21-22H2;(H,2,3,4,5);/q;;;+1/p-1. The smallest absolute Gasteiger partial charge is 0.222 e. The van der Waals surface area contributed by atoms with E-state index >= 15 is 0 Å². The molecule has 0 aliphatic carbocycles. The van der Waals surface area contributed by atoms with Gasteiger partial charge in [0.05, 0.1) is 0 Å². The van der Waals surface area contributed by atoms with Gasteiger partial charge in [0.1, 0.15) is 0 Å². The molecular formula is C52H48ClIrO4P4. The molecule has 4 nitrogen and oxygen atoms in total. The molecule has 0 bridgehead atoms. The van der Waals surface area contributed by atoms with Crippen LogP contribution in [0.3, 0.4) is 0 Å². The van der Waals surface area contributed by atoms with Crippen molar-refractivity contribution in [2.24, 2.45) is 0 Å². The minimum absolute atomic E-state index is 0. The molecule has 8 aromatic carbocycles. The Kier molecular flexibility index (Phi) is 21.3. The second-order valence-electron chi connectivity index (χ2n) is 13.7. The van der Waals surface area contributed by atoms with Crippen LogP contribution in [0.15, 0.2) is 243 Å². The van der Waals surface area contributed by atoms with Crippen molar-refractivity contribution in [3.8, 4) is 0 Å². The van der Waals surface area contributed by atoms with Crippen LogP contribution in [-0.4, -0.2) is 24.6 Å². The molecule has 0 radical (unpaired) electrons. The Balaban J connectivity index is 0.000000208. The van der Waals surface area contributed by atoms with Crippen LogP contribution < -0.4 is 61.1 Å². The molecule has 0 saturated heterocycles. The van der Waals surface area contributed by atoms with Gasteiger partial charge in [-0.3, -0.25) is 0 Å². The van der Waals surface area contributed by atoms with E-state index in [1.54, 1.807) is 0 Å². The Morgan fingerprint density at radius 1 is 0.226 bits per heavy atom. The van der Waals surface area contributed by atoms with E-state index in [4.69, 9.17) is 18.6 Å². The van der Waals surface area contributed by atoms with Gasteiger partial charge in [-0.05, 0) is 98.8 Å². The Hall–Kier alpha value is -3.74. The van der Waals surface area contributed by atoms with Crippen molar-refractivity contribution < 1.29 is 49.0 Å². The summed E-state index contributed by atoms with van der Waals surface area (Å²) < 4.78 is 34.0. The Morgan fingerprint density at radius 3 is 0.419 bits per heavy atom. The Morgan fingerprint density at radius 2 is 0.323 bits per heavy atom. The van der Waals surface area contributed by atoms with Gasteiger partial charge in [0.15, 0.2) is 0 Å². The molecule has 0 fully saturated rings. The fourth-order valence-corrected chi connectivity index (χ4v) is 17.6. The topological polar surface area (TPSA) is 92.2 Å². The fraction of sp³-hybridized carbons (Fsp3) is 0.0769. The van der Waals surface area contributed by atoms with Crippen molar-refractivity contribution in [2.75, 3.05) is 24.6 Å². The molecule has 0 aliphatic rings. The monoisotopic (exact) mass is 1090 g/mol. The summed E-state index contributed by atoms with van der Waals surface area (Å²) in [7, 11) is -6.34. The first kappa shape index (κ1) is 49.3. The number of halogens is 1. The summed E-state index contributed by atoms with van der Waals surface area (Å²) in [5, 5.41) is 11.8. The summed E-state index contributed by atoms with van der Waals surface area (Å²) in [6.45, 7) is 0. The van der Waals surface area contributed by atoms with Crippen LogP contribution in [0.5, 0.6) is 0 Å². The average molecular weight is 1090 g/mol. The second-order valence-corrected chi connectivity index (χ2v) is 23.8. The minimum Gasteiger partial charge on any atom is -0.222 e. The van der Waals surface area contributed by atoms with Gasteiger partial charge in [0, 0.05) is 0 Å². The van der Waals surface area contributed by atoms with E-state index in [2.05, 4.69) is 243 Å². The van der Waals surface area contributed by atoms with Gasteiger partial charge in [-0.25, -0.2) is 18.6 Å². The zero-order valence-corrected chi connectivity index (χ0v) is 40.8. The van der Waals surface area contributed by atoms with E-state index in [0.29, 0.717) is 0 Å². The first-order chi connectivity index (χ1) is 29.8. The molecule has 0 spiro atoms. The maximum Gasteiger partial charge on any atom is 1.00 e.